The minimum Gasteiger partial charge on any atom is -0.491 e. The van der Waals surface area contributed by atoms with E-state index in [2.05, 4.69) is 10.6 Å². The molecule has 0 aromatic heterocycles. The summed E-state index contributed by atoms with van der Waals surface area (Å²) in [5.41, 5.74) is 1.95. The number of nitrogens with one attached hydrogen (secondary N) is 2. The van der Waals surface area contributed by atoms with E-state index < -0.39 is 0 Å². The van der Waals surface area contributed by atoms with E-state index in [0.717, 1.165) is 17.0 Å². The van der Waals surface area contributed by atoms with Gasteiger partial charge < -0.3 is 15.4 Å². The van der Waals surface area contributed by atoms with E-state index in [1.54, 1.807) is 0 Å². The van der Waals surface area contributed by atoms with Crippen molar-refractivity contribution in [3.05, 3.63) is 60.2 Å². The predicted octanol–water partition coefficient (Wildman–Crippen LogP) is 3.20. The molecular weight excluding hydrogens is 276 g/mol. The van der Waals surface area contributed by atoms with Gasteiger partial charge in [-0.1, -0.05) is 36.4 Å². The lowest BCUT2D eigenvalue weighted by Gasteiger charge is -2.12. The highest BCUT2D eigenvalue weighted by atomic mass is 16.5. The highest BCUT2D eigenvalue weighted by Gasteiger charge is 2.03. The second-order valence-corrected chi connectivity index (χ2v) is 5.31. The van der Waals surface area contributed by atoms with Gasteiger partial charge in [0.2, 0.25) is 5.91 Å². The maximum absolute atomic E-state index is 11.8. The molecule has 0 fully saturated rings. The van der Waals surface area contributed by atoms with Crippen molar-refractivity contribution in [1.82, 2.24) is 5.32 Å². The molecule has 2 rings (SSSR count). The predicted molar refractivity (Wildman–Crippen MR) is 89.0 cm³/mol. The lowest BCUT2D eigenvalue weighted by atomic mass is 10.2. The molecule has 1 amide bonds. The van der Waals surface area contributed by atoms with Crippen molar-refractivity contribution in [1.29, 1.82) is 0 Å². The van der Waals surface area contributed by atoms with Gasteiger partial charge in [0, 0.05) is 18.3 Å². The normalized spacial score (nSPS) is 10.3. The second-order valence-electron chi connectivity index (χ2n) is 5.31. The van der Waals surface area contributed by atoms with Crippen LogP contribution in [0.4, 0.5) is 5.69 Å². The van der Waals surface area contributed by atoms with E-state index >= 15 is 0 Å². The maximum atomic E-state index is 11.8. The largest absolute Gasteiger partial charge is 0.491 e. The molecule has 0 saturated heterocycles. The lowest BCUT2D eigenvalue weighted by Crippen LogP contribution is -2.29. The van der Waals surface area contributed by atoms with Gasteiger partial charge >= 0.3 is 0 Å². The van der Waals surface area contributed by atoms with Crippen LogP contribution in [0, 0.1) is 0 Å². The van der Waals surface area contributed by atoms with Crippen LogP contribution >= 0.6 is 0 Å². The van der Waals surface area contributed by atoms with Gasteiger partial charge in [-0.05, 0) is 31.5 Å². The molecule has 0 saturated carbocycles. The van der Waals surface area contributed by atoms with Gasteiger partial charge in [0.25, 0.3) is 0 Å². The zero-order valence-electron chi connectivity index (χ0n) is 13.0. The third-order valence-corrected chi connectivity index (χ3v) is 2.99. The highest BCUT2D eigenvalue weighted by molar-refractivity contribution is 5.80. The minimum absolute atomic E-state index is 0.0426. The van der Waals surface area contributed by atoms with Gasteiger partial charge in [-0.2, -0.15) is 0 Å². The Labute approximate surface area is 131 Å². The summed E-state index contributed by atoms with van der Waals surface area (Å²) in [6, 6.07) is 17.5. The number of carbonyl (C=O) groups is 1. The zero-order valence-corrected chi connectivity index (χ0v) is 13.0. The van der Waals surface area contributed by atoms with Crippen molar-refractivity contribution in [3.8, 4) is 5.75 Å². The molecule has 0 radical (unpaired) electrons. The topological polar surface area (TPSA) is 50.4 Å². The first kappa shape index (κ1) is 15.9. The van der Waals surface area contributed by atoms with E-state index in [0.29, 0.717) is 6.54 Å². The highest BCUT2D eigenvalue weighted by Crippen LogP contribution is 2.18. The number of ether oxygens (including phenoxy) is 1. The van der Waals surface area contributed by atoms with Gasteiger partial charge in [-0.25, -0.2) is 0 Å². The van der Waals surface area contributed by atoms with Crippen molar-refractivity contribution in [2.45, 2.75) is 26.5 Å². The molecule has 0 bridgehead atoms. The maximum Gasteiger partial charge on any atom is 0.239 e. The van der Waals surface area contributed by atoms with Crippen LogP contribution in [0.2, 0.25) is 0 Å². The van der Waals surface area contributed by atoms with E-state index in [1.165, 1.54) is 0 Å². The summed E-state index contributed by atoms with van der Waals surface area (Å²) in [6.07, 6.45) is 0.129. The van der Waals surface area contributed by atoms with Gasteiger partial charge in [-0.15, -0.1) is 0 Å². The molecular formula is C18H22N2O2. The Bertz CT molecular complexity index is 597. The molecule has 2 aromatic carbocycles. The monoisotopic (exact) mass is 298 g/mol. The van der Waals surface area contributed by atoms with Gasteiger partial charge in [0.15, 0.2) is 0 Å². The molecule has 0 aliphatic rings. The third-order valence-electron chi connectivity index (χ3n) is 2.99. The number of hydrogen-bond donors (Lipinski definition) is 2. The SMILES string of the molecule is CC(C)Oc1cccc(NCC(=O)NCc2ccccc2)c1. The molecule has 116 valence electrons. The Balaban J connectivity index is 1.78. The number of anilines is 1. The lowest BCUT2D eigenvalue weighted by molar-refractivity contribution is -0.119. The molecule has 0 aliphatic carbocycles. The van der Waals surface area contributed by atoms with E-state index in [9.17, 15) is 4.79 Å². The van der Waals surface area contributed by atoms with E-state index in [4.69, 9.17) is 4.74 Å². The fraction of sp³-hybridized carbons (Fsp3) is 0.278. The molecule has 0 heterocycles. The summed E-state index contributed by atoms with van der Waals surface area (Å²) in [4.78, 5) is 11.8. The van der Waals surface area contributed by atoms with Crippen LogP contribution in [0.5, 0.6) is 5.75 Å². The Morgan fingerprint density at radius 2 is 1.86 bits per heavy atom. The average molecular weight is 298 g/mol. The number of amides is 1. The van der Waals surface area contributed by atoms with Gasteiger partial charge in [0.1, 0.15) is 5.75 Å². The summed E-state index contributed by atoms with van der Waals surface area (Å²) in [6.45, 7) is 4.74. The summed E-state index contributed by atoms with van der Waals surface area (Å²) >= 11 is 0. The molecule has 4 nitrogen and oxygen atoms in total. The van der Waals surface area contributed by atoms with Crippen molar-refractivity contribution in [2.75, 3.05) is 11.9 Å². The van der Waals surface area contributed by atoms with Gasteiger partial charge in [-0.3, -0.25) is 4.79 Å². The average Bonchev–Trinajstić information content (AvgIpc) is 2.52. The molecule has 0 aliphatic heterocycles. The molecule has 0 spiro atoms. The first-order chi connectivity index (χ1) is 10.6. The van der Waals surface area contributed by atoms with Crippen molar-refractivity contribution >= 4 is 11.6 Å². The standard InChI is InChI=1S/C18H22N2O2/c1-14(2)22-17-10-6-9-16(11-17)19-13-18(21)20-12-15-7-4-3-5-8-15/h3-11,14,19H,12-13H2,1-2H3,(H,20,21). The molecule has 0 unspecified atom stereocenters. The van der Waals surface area contributed by atoms with Crippen molar-refractivity contribution in [2.24, 2.45) is 0 Å². The fourth-order valence-corrected chi connectivity index (χ4v) is 1.99. The van der Waals surface area contributed by atoms with Crippen LogP contribution in [0.25, 0.3) is 0 Å². The molecule has 0 atom stereocenters. The van der Waals surface area contributed by atoms with Crippen molar-refractivity contribution in [3.63, 3.8) is 0 Å². The smallest absolute Gasteiger partial charge is 0.239 e. The molecule has 22 heavy (non-hydrogen) atoms. The number of hydrogen-bond acceptors (Lipinski definition) is 3. The van der Waals surface area contributed by atoms with E-state index in [1.807, 2.05) is 68.4 Å². The van der Waals surface area contributed by atoms with Gasteiger partial charge in [0.05, 0.1) is 12.6 Å². The van der Waals surface area contributed by atoms with Crippen LogP contribution in [0.3, 0.4) is 0 Å². The molecule has 4 heteroatoms. The summed E-state index contributed by atoms with van der Waals surface area (Å²) in [5, 5.41) is 5.99. The summed E-state index contributed by atoms with van der Waals surface area (Å²) in [5.74, 6) is 0.753. The van der Waals surface area contributed by atoms with Crippen LogP contribution in [-0.2, 0) is 11.3 Å². The Morgan fingerprint density at radius 1 is 1.09 bits per heavy atom. The number of rotatable bonds is 7. The fourth-order valence-electron chi connectivity index (χ4n) is 1.99. The molecule has 2 N–H and O–H groups in total. The first-order valence-electron chi connectivity index (χ1n) is 7.44. The van der Waals surface area contributed by atoms with Crippen LogP contribution in [0.15, 0.2) is 54.6 Å². The minimum atomic E-state index is -0.0426. The Morgan fingerprint density at radius 3 is 2.59 bits per heavy atom. The zero-order chi connectivity index (χ0) is 15.8. The summed E-state index contributed by atoms with van der Waals surface area (Å²) in [7, 11) is 0. The number of carbonyl (C=O) groups excluding carboxylic acids is 1. The van der Waals surface area contributed by atoms with Crippen LogP contribution < -0.4 is 15.4 Å². The first-order valence-corrected chi connectivity index (χ1v) is 7.44. The Kier molecular flexibility index (Phi) is 5.83. The van der Waals surface area contributed by atoms with E-state index in [-0.39, 0.29) is 18.6 Å². The van der Waals surface area contributed by atoms with Crippen LogP contribution in [0.1, 0.15) is 19.4 Å². The molecule has 2 aromatic rings. The summed E-state index contributed by atoms with van der Waals surface area (Å²) < 4.78 is 5.63. The van der Waals surface area contributed by atoms with Crippen molar-refractivity contribution < 1.29 is 9.53 Å². The van der Waals surface area contributed by atoms with Crippen LogP contribution in [-0.4, -0.2) is 18.6 Å². The third kappa shape index (κ3) is 5.48. The second kappa shape index (κ2) is 8.08. The quantitative estimate of drug-likeness (QED) is 0.825. The Hall–Kier alpha value is -2.49. The number of benzene rings is 2.